The Kier molecular flexibility index (Phi) is 6.90. The molecule has 0 saturated heterocycles. The van der Waals surface area contributed by atoms with Gasteiger partial charge in [-0.3, -0.25) is 4.79 Å². The lowest BCUT2D eigenvalue weighted by Gasteiger charge is -2.12. The maximum Gasteiger partial charge on any atom is 0.225 e. The van der Waals surface area contributed by atoms with Crippen molar-refractivity contribution in [3.63, 3.8) is 0 Å². The molecule has 0 aliphatic heterocycles. The predicted molar refractivity (Wildman–Crippen MR) is 96.0 cm³/mol. The van der Waals surface area contributed by atoms with Gasteiger partial charge in [-0.2, -0.15) is 0 Å². The number of ether oxygens (including phenoxy) is 2. The van der Waals surface area contributed by atoms with Crippen LogP contribution in [0.15, 0.2) is 42.5 Å². The SMILES string of the molecule is COc1ccc(OC)c(NC(=O)CCNCc2ccccc2Cl)c1. The van der Waals surface area contributed by atoms with Gasteiger partial charge in [0.15, 0.2) is 0 Å². The minimum Gasteiger partial charge on any atom is -0.497 e. The Morgan fingerprint density at radius 2 is 1.92 bits per heavy atom. The second kappa shape index (κ2) is 9.15. The Hall–Kier alpha value is -2.24. The van der Waals surface area contributed by atoms with Crippen LogP contribution < -0.4 is 20.1 Å². The summed E-state index contributed by atoms with van der Waals surface area (Å²) in [6, 6.07) is 12.9. The fourth-order valence-corrected chi connectivity index (χ4v) is 2.39. The van der Waals surface area contributed by atoms with Crippen LogP contribution in [0.4, 0.5) is 5.69 Å². The minimum atomic E-state index is -0.104. The van der Waals surface area contributed by atoms with E-state index in [1.807, 2.05) is 24.3 Å². The third kappa shape index (κ3) is 5.15. The molecule has 2 aromatic rings. The molecule has 0 spiro atoms. The lowest BCUT2D eigenvalue weighted by Crippen LogP contribution is -2.21. The Bertz CT molecular complexity index is 692. The molecule has 0 bridgehead atoms. The molecule has 24 heavy (non-hydrogen) atoms. The van der Waals surface area contributed by atoms with E-state index in [9.17, 15) is 4.79 Å². The molecule has 0 aliphatic rings. The summed E-state index contributed by atoms with van der Waals surface area (Å²) in [5.74, 6) is 1.14. The van der Waals surface area contributed by atoms with Gasteiger partial charge < -0.3 is 20.1 Å². The van der Waals surface area contributed by atoms with Crippen LogP contribution in [0, 0.1) is 0 Å². The highest BCUT2D eigenvalue weighted by molar-refractivity contribution is 6.31. The Balaban J connectivity index is 1.82. The second-order valence-electron chi connectivity index (χ2n) is 5.13. The first-order chi connectivity index (χ1) is 11.6. The normalized spacial score (nSPS) is 10.3. The van der Waals surface area contributed by atoms with Gasteiger partial charge in [0.2, 0.25) is 5.91 Å². The Morgan fingerprint density at radius 3 is 2.62 bits per heavy atom. The molecule has 0 aliphatic carbocycles. The van der Waals surface area contributed by atoms with Crippen LogP contribution in [0.2, 0.25) is 5.02 Å². The molecule has 0 heterocycles. The third-order valence-electron chi connectivity index (χ3n) is 3.48. The molecule has 0 unspecified atom stereocenters. The maximum atomic E-state index is 12.1. The average Bonchev–Trinajstić information content (AvgIpc) is 2.60. The monoisotopic (exact) mass is 348 g/mol. The molecule has 128 valence electrons. The zero-order valence-corrected chi connectivity index (χ0v) is 14.5. The van der Waals surface area contributed by atoms with Crippen LogP contribution in [-0.4, -0.2) is 26.7 Å². The van der Waals surface area contributed by atoms with Gasteiger partial charge in [-0.25, -0.2) is 0 Å². The van der Waals surface area contributed by atoms with Gasteiger partial charge in [-0.1, -0.05) is 29.8 Å². The molecule has 0 fully saturated rings. The number of carbonyl (C=O) groups is 1. The number of hydrogen-bond donors (Lipinski definition) is 2. The van der Waals surface area contributed by atoms with E-state index in [0.29, 0.717) is 36.7 Å². The number of rotatable bonds is 8. The van der Waals surface area contributed by atoms with E-state index in [2.05, 4.69) is 10.6 Å². The number of nitrogens with one attached hydrogen (secondary N) is 2. The van der Waals surface area contributed by atoms with Crippen molar-refractivity contribution in [3.05, 3.63) is 53.1 Å². The standard InChI is InChI=1S/C18H21ClN2O3/c1-23-14-7-8-17(24-2)16(11-14)21-18(22)9-10-20-12-13-5-3-4-6-15(13)19/h3-8,11,20H,9-10,12H2,1-2H3,(H,21,22). The number of amides is 1. The van der Waals surface area contributed by atoms with Crippen molar-refractivity contribution in [1.82, 2.24) is 5.32 Å². The molecule has 6 heteroatoms. The smallest absolute Gasteiger partial charge is 0.225 e. The topological polar surface area (TPSA) is 59.6 Å². The Morgan fingerprint density at radius 1 is 1.12 bits per heavy atom. The van der Waals surface area contributed by atoms with Gasteiger partial charge in [0.05, 0.1) is 19.9 Å². The summed E-state index contributed by atoms with van der Waals surface area (Å²) < 4.78 is 10.4. The number of benzene rings is 2. The highest BCUT2D eigenvalue weighted by Gasteiger charge is 2.09. The van der Waals surface area contributed by atoms with Crippen LogP contribution in [0.25, 0.3) is 0 Å². The predicted octanol–water partition coefficient (Wildman–Crippen LogP) is 3.48. The van der Waals surface area contributed by atoms with Gasteiger partial charge >= 0.3 is 0 Å². The first-order valence-corrected chi connectivity index (χ1v) is 7.98. The van der Waals surface area contributed by atoms with Crippen LogP contribution in [0.5, 0.6) is 11.5 Å². The summed E-state index contributed by atoms with van der Waals surface area (Å²) in [4.78, 5) is 12.1. The zero-order valence-electron chi connectivity index (χ0n) is 13.8. The van der Waals surface area contributed by atoms with Crippen molar-refractivity contribution in [2.24, 2.45) is 0 Å². The summed E-state index contributed by atoms with van der Waals surface area (Å²) in [6.07, 6.45) is 0.338. The van der Waals surface area contributed by atoms with E-state index >= 15 is 0 Å². The minimum absolute atomic E-state index is 0.104. The van der Waals surface area contributed by atoms with Crippen LogP contribution in [0.1, 0.15) is 12.0 Å². The first-order valence-electron chi connectivity index (χ1n) is 7.60. The number of methoxy groups -OCH3 is 2. The first kappa shape index (κ1) is 18.1. The average molecular weight is 349 g/mol. The van der Waals surface area contributed by atoms with E-state index < -0.39 is 0 Å². The number of carbonyl (C=O) groups excluding carboxylic acids is 1. The summed E-state index contributed by atoms with van der Waals surface area (Å²) in [7, 11) is 3.13. The summed E-state index contributed by atoms with van der Waals surface area (Å²) in [5, 5.41) is 6.76. The van der Waals surface area contributed by atoms with E-state index in [4.69, 9.17) is 21.1 Å². The van der Waals surface area contributed by atoms with Gasteiger partial charge in [0.25, 0.3) is 0 Å². The molecule has 0 radical (unpaired) electrons. The molecule has 2 aromatic carbocycles. The van der Waals surface area contributed by atoms with Crippen molar-refractivity contribution in [1.29, 1.82) is 0 Å². The van der Waals surface area contributed by atoms with Gasteiger partial charge in [-0.05, 0) is 23.8 Å². The van der Waals surface area contributed by atoms with Crippen LogP contribution in [-0.2, 0) is 11.3 Å². The van der Waals surface area contributed by atoms with Gasteiger partial charge in [0, 0.05) is 30.6 Å². The molecule has 2 N–H and O–H groups in total. The van der Waals surface area contributed by atoms with Crippen molar-refractivity contribution >= 4 is 23.2 Å². The van der Waals surface area contributed by atoms with Crippen molar-refractivity contribution < 1.29 is 14.3 Å². The zero-order chi connectivity index (χ0) is 17.4. The number of anilines is 1. The van der Waals surface area contributed by atoms with E-state index in [1.54, 1.807) is 32.4 Å². The number of halogens is 1. The molecular weight excluding hydrogens is 328 g/mol. The molecule has 1 amide bonds. The van der Waals surface area contributed by atoms with E-state index in [0.717, 1.165) is 10.6 Å². The molecule has 0 aromatic heterocycles. The van der Waals surface area contributed by atoms with Crippen molar-refractivity contribution in [3.8, 4) is 11.5 Å². The molecule has 0 atom stereocenters. The van der Waals surface area contributed by atoms with Crippen LogP contribution >= 0.6 is 11.6 Å². The maximum absolute atomic E-state index is 12.1. The lowest BCUT2D eigenvalue weighted by atomic mass is 10.2. The van der Waals surface area contributed by atoms with E-state index in [-0.39, 0.29) is 5.91 Å². The van der Waals surface area contributed by atoms with Crippen molar-refractivity contribution in [2.45, 2.75) is 13.0 Å². The third-order valence-corrected chi connectivity index (χ3v) is 3.85. The largest absolute Gasteiger partial charge is 0.497 e. The molecule has 0 saturated carbocycles. The fourth-order valence-electron chi connectivity index (χ4n) is 2.19. The second-order valence-corrected chi connectivity index (χ2v) is 5.54. The lowest BCUT2D eigenvalue weighted by molar-refractivity contribution is -0.116. The molecular formula is C18H21ClN2O3. The fraction of sp³-hybridized carbons (Fsp3) is 0.278. The highest BCUT2D eigenvalue weighted by Crippen LogP contribution is 2.28. The summed E-state index contributed by atoms with van der Waals surface area (Å²) in [6.45, 7) is 1.17. The van der Waals surface area contributed by atoms with E-state index in [1.165, 1.54) is 0 Å². The number of hydrogen-bond acceptors (Lipinski definition) is 4. The summed E-state index contributed by atoms with van der Waals surface area (Å²) >= 11 is 6.09. The molecule has 5 nitrogen and oxygen atoms in total. The Labute approximate surface area is 146 Å². The van der Waals surface area contributed by atoms with Crippen LogP contribution in [0.3, 0.4) is 0 Å². The van der Waals surface area contributed by atoms with Gasteiger partial charge in [0.1, 0.15) is 11.5 Å². The quantitative estimate of drug-likeness (QED) is 0.717. The molecule has 2 rings (SSSR count). The van der Waals surface area contributed by atoms with Gasteiger partial charge in [-0.15, -0.1) is 0 Å². The highest BCUT2D eigenvalue weighted by atomic mass is 35.5. The summed E-state index contributed by atoms with van der Waals surface area (Å²) in [5.41, 5.74) is 1.60. The van der Waals surface area contributed by atoms with Crippen molar-refractivity contribution in [2.75, 3.05) is 26.1 Å².